The number of hydrogen-bond donors (Lipinski definition) is 2. The van der Waals surface area contributed by atoms with Gasteiger partial charge in [-0.15, -0.1) is 0 Å². The first kappa shape index (κ1) is 25.6. The molecule has 2 aromatic rings. The molecule has 0 bridgehead atoms. The summed E-state index contributed by atoms with van der Waals surface area (Å²) in [6, 6.07) is 11.2. The maximum absolute atomic E-state index is 12.8. The third-order valence-electron chi connectivity index (χ3n) is 4.37. The molecular formula is C22H27ClN2O6S. The van der Waals surface area contributed by atoms with Gasteiger partial charge < -0.3 is 14.8 Å². The number of benzene rings is 2. The summed E-state index contributed by atoms with van der Waals surface area (Å²) >= 11 is 5.83. The number of amides is 1. The van der Waals surface area contributed by atoms with Gasteiger partial charge in [-0.05, 0) is 61.9 Å². The molecule has 8 nitrogen and oxygen atoms in total. The van der Waals surface area contributed by atoms with Gasteiger partial charge in [-0.2, -0.15) is 4.72 Å². The number of sulfonamides is 1. The Balaban J connectivity index is 2.04. The third kappa shape index (κ3) is 8.14. The summed E-state index contributed by atoms with van der Waals surface area (Å²) in [6.07, 6.45) is 1.82. The topological polar surface area (TPSA) is 111 Å². The van der Waals surface area contributed by atoms with Crippen LogP contribution in [-0.2, 0) is 24.3 Å². The SMILES string of the molecule is CCCC[C@H](NS(=O)(=O)c1ccc(Cl)cc1)C(=O)Nc1ccc(OCC(=O)OCC)cc1. The molecule has 2 rings (SSSR count). The Bertz CT molecular complexity index is 994. The lowest BCUT2D eigenvalue weighted by atomic mass is 10.1. The Kier molecular flexibility index (Phi) is 9.96. The fraction of sp³-hybridized carbons (Fsp3) is 0.364. The van der Waals surface area contributed by atoms with E-state index in [-0.39, 0.29) is 18.1 Å². The van der Waals surface area contributed by atoms with Gasteiger partial charge >= 0.3 is 5.97 Å². The molecule has 174 valence electrons. The average Bonchev–Trinajstić information content (AvgIpc) is 2.76. The van der Waals surface area contributed by atoms with Crippen LogP contribution in [0.3, 0.4) is 0 Å². The van der Waals surface area contributed by atoms with E-state index in [1.165, 1.54) is 24.3 Å². The molecule has 1 atom stereocenters. The van der Waals surface area contributed by atoms with Gasteiger partial charge in [0, 0.05) is 10.7 Å². The Morgan fingerprint density at radius 2 is 1.69 bits per heavy atom. The van der Waals surface area contributed by atoms with E-state index >= 15 is 0 Å². The van der Waals surface area contributed by atoms with Crippen LogP contribution in [0.5, 0.6) is 5.75 Å². The van der Waals surface area contributed by atoms with Crippen molar-refractivity contribution in [3.63, 3.8) is 0 Å². The molecule has 0 fully saturated rings. The summed E-state index contributed by atoms with van der Waals surface area (Å²) in [5.41, 5.74) is 0.464. The molecule has 0 aromatic heterocycles. The van der Waals surface area contributed by atoms with Crippen LogP contribution in [0.1, 0.15) is 33.1 Å². The summed E-state index contributed by atoms with van der Waals surface area (Å²) in [6.45, 7) is 3.72. The lowest BCUT2D eigenvalue weighted by Gasteiger charge is -2.18. The van der Waals surface area contributed by atoms with Crippen molar-refractivity contribution in [1.82, 2.24) is 4.72 Å². The summed E-state index contributed by atoms with van der Waals surface area (Å²) in [4.78, 5) is 24.2. The number of nitrogens with one attached hydrogen (secondary N) is 2. The van der Waals surface area contributed by atoms with Crippen molar-refractivity contribution in [1.29, 1.82) is 0 Å². The van der Waals surface area contributed by atoms with Crippen LogP contribution in [0.15, 0.2) is 53.4 Å². The quantitative estimate of drug-likeness (QED) is 0.445. The van der Waals surface area contributed by atoms with E-state index in [2.05, 4.69) is 10.0 Å². The highest BCUT2D eigenvalue weighted by Crippen LogP contribution is 2.18. The first-order valence-electron chi connectivity index (χ1n) is 10.2. The van der Waals surface area contributed by atoms with E-state index < -0.39 is 27.9 Å². The lowest BCUT2D eigenvalue weighted by Crippen LogP contribution is -2.43. The van der Waals surface area contributed by atoms with Gasteiger partial charge in [0.05, 0.1) is 11.5 Å². The predicted molar refractivity (Wildman–Crippen MR) is 122 cm³/mol. The van der Waals surface area contributed by atoms with Crippen molar-refractivity contribution in [3.05, 3.63) is 53.6 Å². The first-order valence-corrected chi connectivity index (χ1v) is 12.1. The van der Waals surface area contributed by atoms with Crippen LogP contribution in [0.25, 0.3) is 0 Å². The van der Waals surface area contributed by atoms with Crippen LogP contribution in [0.2, 0.25) is 5.02 Å². The highest BCUT2D eigenvalue weighted by atomic mass is 35.5. The Hall–Kier alpha value is -2.62. The van der Waals surface area contributed by atoms with Gasteiger partial charge in [0.25, 0.3) is 0 Å². The van der Waals surface area contributed by atoms with E-state index in [0.29, 0.717) is 29.3 Å². The van der Waals surface area contributed by atoms with Crippen molar-refractivity contribution >= 4 is 39.2 Å². The number of rotatable bonds is 12. The van der Waals surface area contributed by atoms with Crippen molar-refractivity contribution in [2.75, 3.05) is 18.5 Å². The zero-order valence-corrected chi connectivity index (χ0v) is 19.5. The minimum absolute atomic E-state index is 0.0271. The standard InChI is InChI=1S/C22H27ClN2O6S/c1-3-5-6-20(25-32(28,29)19-13-7-16(23)8-14-19)22(27)24-17-9-11-18(12-10-17)31-15-21(26)30-4-2/h7-14,20,25H,3-6,15H2,1-2H3,(H,24,27)/t20-/m0/s1. The van der Waals surface area contributed by atoms with E-state index in [1.807, 2.05) is 6.92 Å². The van der Waals surface area contributed by atoms with Gasteiger partial charge in [-0.1, -0.05) is 31.4 Å². The molecule has 0 heterocycles. The van der Waals surface area contributed by atoms with Crippen LogP contribution in [0.4, 0.5) is 5.69 Å². The Morgan fingerprint density at radius 1 is 1.03 bits per heavy atom. The van der Waals surface area contributed by atoms with Gasteiger partial charge in [0.15, 0.2) is 6.61 Å². The molecule has 32 heavy (non-hydrogen) atoms. The lowest BCUT2D eigenvalue weighted by molar-refractivity contribution is -0.145. The maximum Gasteiger partial charge on any atom is 0.344 e. The molecule has 0 aliphatic heterocycles. The minimum atomic E-state index is -3.90. The molecule has 0 spiro atoms. The zero-order chi connectivity index (χ0) is 23.6. The largest absolute Gasteiger partial charge is 0.482 e. The number of ether oxygens (including phenoxy) is 2. The molecule has 0 aliphatic rings. The van der Waals surface area contributed by atoms with Gasteiger partial charge in [0.2, 0.25) is 15.9 Å². The third-order valence-corrected chi connectivity index (χ3v) is 6.11. The maximum atomic E-state index is 12.8. The molecule has 2 N–H and O–H groups in total. The number of unbranched alkanes of at least 4 members (excludes halogenated alkanes) is 1. The fourth-order valence-corrected chi connectivity index (χ4v) is 4.09. The molecule has 1 amide bonds. The fourth-order valence-electron chi connectivity index (χ4n) is 2.73. The summed E-state index contributed by atoms with van der Waals surface area (Å²) in [5.74, 6) is -0.519. The second-order valence-electron chi connectivity index (χ2n) is 6.88. The number of anilines is 1. The number of carbonyl (C=O) groups excluding carboxylic acids is 2. The van der Waals surface area contributed by atoms with Crippen molar-refractivity contribution < 1.29 is 27.5 Å². The van der Waals surface area contributed by atoms with Crippen LogP contribution < -0.4 is 14.8 Å². The number of esters is 1. The van der Waals surface area contributed by atoms with E-state index in [1.54, 1.807) is 31.2 Å². The smallest absolute Gasteiger partial charge is 0.344 e. The molecule has 0 radical (unpaired) electrons. The second kappa shape index (κ2) is 12.4. The summed E-state index contributed by atoms with van der Waals surface area (Å²) < 4.78 is 38.0. The van der Waals surface area contributed by atoms with E-state index in [9.17, 15) is 18.0 Å². The average molecular weight is 483 g/mol. The Labute approximate surface area is 193 Å². The monoisotopic (exact) mass is 482 g/mol. The van der Waals surface area contributed by atoms with E-state index in [4.69, 9.17) is 21.1 Å². The van der Waals surface area contributed by atoms with Crippen LogP contribution in [0, 0.1) is 0 Å². The summed E-state index contributed by atoms with van der Waals surface area (Å²) in [7, 11) is -3.90. The summed E-state index contributed by atoms with van der Waals surface area (Å²) in [5, 5.41) is 3.13. The van der Waals surface area contributed by atoms with Gasteiger partial charge in [-0.25, -0.2) is 13.2 Å². The van der Waals surface area contributed by atoms with Crippen LogP contribution in [-0.4, -0.2) is 39.5 Å². The second-order valence-corrected chi connectivity index (χ2v) is 9.03. The number of halogens is 1. The first-order chi connectivity index (χ1) is 15.2. The van der Waals surface area contributed by atoms with Crippen LogP contribution >= 0.6 is 11.6 Å². The number of carbonyl (C=O) groups is 2. The highest BCUT2D eigenvalue weighted by Gasteiger charge is 2.25. The van der Waals surface area contributed by atoms with Gasteiger partial charge in [0.1, 0.15) is 11.8 Å². The van der Waals surface area contributed by atoms with Crippen molar-refractivity contribution in [3.8, 4) is 5.75 Å². The molecular weight excluding hydrogens is 456 g/mol. The minimum Gasteiger partial charge on any atom is -0.482 e. The molecule has 0 aliphatic carbocycles. The molecule has 2 aromatic carbocycles. The molecule has 0 saturated carbocycles. The highest BCUT2D eigenvalue weighted by molar-refractivity contribution is 7.89. The molecule has 0 unspecified atom stereocenters. The predicted octanol–water partition coefficient (Wildman–Crippen LogP) is 3.76. The van der Waals surface area contributed by atoms with E-state index in [0.717, 1.165) is 6.42 Å². The number of hydrogen-bond acceptors (Lipinski definition) is 6. The van der Waals surface area contributed by atoms with Crippen molar-refractivity contribution in [2.24, 2.45) is 0 Å². The Morgan fingerprint density at radius 3 is 2.28 bits per heavy atom. The van der Waals surface area contributed by atoms with Crippen molar-refractivity contribution in [2.45, 2.75) is 44.0 Å². The molecule has 10 heteroatoms. The molecule has 0 saturated heterocycles. The van der Waals surface area contributed by atoms with Gasteiger partial charge in [-0.3, -0.25) is 4.79 Å². The zero-order valence-electron chi connectivity index (χ0n) is 18.0. The normalized spacial score (nSPS) is 12.1.